The van der Waals surface area contributed by atoms with E-state index in [1.165, 1.54) is 0 Å². The van der Waals surface area contributed by atoms with Gasteiger partial charge in [-0.3, -0.25) is 0 Å². The van der Waals surface area contributed by atoms with Crippen molar-refractivity contribution in [3.05, 3.63) is 24.3 Å². The van der Waals surface area contributed by atoms with E-state index in [4.69, 9.17) is 4.74 Å². The minimum atomic E-state index is -3.13. The van der Waals surface area contributed by atoms with Crippen molar-refractivity contribution in [2.75, 3.05) is 18.8 Å². The zero-order chi connectivity index (χ0) is 13.7. The molecule has 0 saturated carbocycles. The summed E-state index contributed by atoms with van der Waals surface area (Å²) in [6, 6.07) is 6.79. The van der Waals surface area contributed by atoms with Gasteiger partial charge in [0.15, 0.2) is 9.84 Å². The lowest BCUT2D eigenvalue weighted by atomic mass is 10.1. The second kappa shape index (κ2) is 6.39. The highest BCUT2D eigenvalue weighted by Crippen LogP contribution is 2.20. The SMILES string of the molecule is CCCS(=O)(=O)c1ccc(OC2CCNCC2)cc1. The summed E-state index contributed by atoms with van der Waals surface area (Å²) in [5.41, 5.74) is 0. The van der Waals surface area contributed by atoms with Crippen molar-refractivity contribution in [1.82, 2.24) is 5.32 Å². The molecular formula is C14H21NO3S. The summed E-state index contributed by atoms with van der Waals surface area (Å²) in [6.07, 6.45) is 2.86. The standard InChI is InChI=1S/C14H21NO3S/c1-2-11-19(16,17)14-5-3-12(4-6-14)18-13-7-9-15-10-8-13/h3-6,13,15H,2,7-11H2,1H3. The van der Waals surface area contributed by atoms with Gasteiger partial charge >= 0.3 is 0 Å². The molecule has 5 heteroatoms. The summed E-state index contributed by atoms with van der Waals surface area (Å²) in [5.74, 6) is 0.948. The third-order valence-electron chi connectivity index (χ3n) is 3.24. The highest BCUT2D eigenvalue weighted by Gasteiger charge is 2.16. The van der Waals surface area contributed by atoms with E-state index < -0.39 is 9.84 Å². The number of hydrogen-bond donors (Lipinski definition) is 1. The second-order valence-electron chi connectivity index (χ2n) is 4.86. The minimum absolute atomic E-state index is 0.196. The molecule has 1 heterocycles. The average molecular weight is 283 g/mol. The summed E-state index contributed by atoms with van der Waals surface area (Å²) in [7, 11) is -3.13. The van der Waals surface area contributed by atoms with Gasteiger partial charge in [0.2, 0.25) is 0 Å². The van der Waals surface area contributed by atoms with Crippen LogP contribution in [0.2, 0.25) is 0 Å². The first-order valence-electron chi connectivity index (χ1n) is 6.82. The molecule has 0 spiro atoms. The molecule has 1 aromatic carbocycles. The third-order valence-corrected chi connectivity index (χ3v) is 5.18. The van der Waals surface area contributed by atoms with Crippen LogP contribution < -0.4 is 10.1 Å². The number of rotatable bonds is 5. The fourth-order valence-electron chi connectivity index (χ4n) is 2.22. The van der Waals surface area contributed by atoms with Gasteiger partial charge in [-0.15, -0.1) is 0 Å². The summed E-state index contributed by atoms with van der Waals surface area (Å²) in [4.78, 5) is 0.381. The lowest BCUT2D eigenvalue weighted by Crippen LogP contribution is -2.34. The van der Waals surface area contributed by atoms with Gasteiger partial charge in [-0.2, -0.15) is 0 Å². The normalized spacial score (nSPS) is 17.3. The van der Waals surface area contributed by atoms with E-state index in [-0.39, 0.29) is 11.9 Å². The predicted molar refractivity (Wildman–Crippen MR) is 75.3 cm³/mol. The van der Waals surface area contributed by atoms with Crippen LogP contribution in [0.5, 0.6) is 5.75 Å². The van der Waals surface area contributed by atoms with Gasteiger partial charge < -0.3 is 10.1 Å². The molecular weight excluding hydrogens is 262 g/mol. The lowest BCUT2D eigenvalue weighted by Gasteiger charge is -2.23. The van der Waals surface area contributed by atoms with Crippen molar-refractivity contribution in [1.29, 1.82) is 0 Å². The number of benzene rings is 1. The smallest absolute Gasteiger partial charge is 0.178 e. The van der Waals surface area contributed by atoms with E-state index in [1.54, 1.807) is 24.3 Å². The quantitative estimate of drug-likeness (QED) is 0.898. The molecule has 1 aliphatic heterocycles. The molecule has 0 atom stereocenters. The monoisotopic (exact) mass is 283 g/mol. The van der Waals surface area contributed by atoms with Gasteiger partial charge in [-0.05, 0) is 56.6 Å². The Hall–Kier alpha value is -1.07. The van der Waals surface area contributed by atoms with E-state index in [0.29, 0.717) is 11.3 Å². The fraction of sp³-hybridized carbons (Fsp3) is 0.571. The van der Waals surface area contributed by atoms with Gasteiger partial charge in [-0.25, -0.2) is 8.42 Å². The molecule has 0 aliphatic carbocycles. The maximum absolute atomic E-state index is 11.9. The van der Waals surface area contributed by atoms with Crippen LogP contribution in [0.1, 0.15) is 26.2 Å². The van der Waals surface area contributed by atoms with Crippen molar-refractivity contribution >= 4 is 9.84 Å². The van der Waals surface area contributed by atoms with Crippen LogP contribution in [-0.2, 0) is 9.84 Å². The van der Waals surface area contributed by atoms with Crippen molar-refractivity contribution in [3.63, 3.8) is 0 Å². The Bertz CT molecular complexity index is 490. The zero-order valence-corrected chi connectivity index (χ0v) is 12.1. The molecule has 1 N–H and O–H groups in total. The molecule has 106 valence electrons. The average Bonchev–Trinajstić information content (AvgIpc) is 2.40. The topological polar surface area (TPSA) is 55.4 Å². The molecule has 1 aromatic rings. The molecule has 1 saturated heterocycles. The molecule has 0 amide bonds. The molecule has 0 radical (unpaired) electrons. The molecule has 1 aliphatic rings. The summed E-state index contributed by atoms with van der Waals surface area (Å²) >= 11 is 0. The minimum Gasteiger partial charge on any atom is -0.490 e. The number of sulfone groups is 1. The third kappa shape index (κ3) is 3.94. The van der Waals surface area contributed by atoms with Crippen LogP contribution in [0.25, 0.3) is 0 Å². The maximum Gasteiger partial charge on any atom is 0.178 e. The van der Waals surface area contributed by atoms with Gasteiger partial charge in [-0.1, -0.05) is 6.92 Å². The predicted octanol–water partition coefficient (Wildman–Crippen LogP) is 2.00. The lowest BCUT2D eigenvalue weighted by molar-refractivity contribution is 0.162. The summed E-state index contributed by atoms with van der Waals surface area (Å²) in [6.45, 7) is 3.83. The molecule has 0 unspecified atom stereocenters. The first-order chi connectivity index (χ1) is 9.12. The van der Waals surface area contributed by atoms with Crippen LogP contribution in [0, 0.1) is 0 Å². The van der Waals surface area contributed by atoms with Gasteiger partial charge in [0.05, 0.1) is 10.6 Å². The van der Waals surface area contributed by atoms with E-state index in [1.807, 2.05) is 6.92 Å². The van der Waals surface area contributed by atoms with Crippen molar-refractivity contribution in [2.45, 2.75) is 37.2 Å². The van der Waals surface area contributed by atoms with E-state index in [9.17, 15) is 8.42 Å². The van der Waals surface area contributed by atoms with Crippen LogP contribution in [0.3, 0.4) is 0 Å². The largest absolute Gasteiger partial charge is 0.490 e. The highest BCUT2D eigenvalue weighted by molar-refractivity contribution is 7.91. The van der Waals surface area contributed by atoms with Gasteiger partial charge in [0, 0.05) is 0 Å². The van der Waals surface area contributed by atoms with E-state index in [0.717, 1.165) is 31.7 Å². The Morgan fingerprint density at radius 3 is 2.42 bits per heavy atom. The molecule has 4 nitrogen and oxygen atoms in total. The molecule has 1 fully saturated rings. The molecule has 2 rings (SSSR count). The van der Waals surface area contributed by atoms with Gasteiger partial charge in [0.1, 0.15) is 11.9 Å². The van der Waals surface area contributed by atoms with Crippen LogP contribution in [-0.4, -0.2) is 33.4 Å². The van der Waals surface area contributed by atoms with Crippen molar-refractivity contribution in [2.24, 2.45) is 0 Å². The number of piperidine rings is 1. The second-order valence-corrected chi connectivity index (χ2v) is 6.97. The molecule has 0 aromatic heterocycles. The maximum atomic E-state index is 11.9. The van der Waals surface area contributed by atoms with Gasteiger partial charge in [0.25, 0.3) is 0 Å². The van der Waals surface area contributed by atoms with Crippen LogP contribution >= 0.6 is 0 Å². The first-order valence-corrected chi connectivity index (χ1v) is 8.47. The van der Waals surface area contributed by atoms with E-state index in [2.05, 4.69) is 5.32 Å². The molecule has 19 heavy (non-hydrogen) atoms. The number of ether oxygens (including phenoxy) is 1. The highest BCUT2D eigenvalue weighted by atomic mass is 32.2. The van der Waals surface area contributed by atoms with Crippen molar-refractivity contribution < 1.29 is 13.2 Å². The molecule has 0 bridgehead atoms. The number of hydrogen-bond acceptors (Lipinski definition) is 4. The fourth-order valence-corrected chi connectivity index (χ4v) is 3.54. The Morgan fingerprint density at radius 2 is 1.84 bits per heavy atom. The first kappa shape index (κ1) is 14.3. The van der Waals surface area contributed by atoms with Crippen LogP contribution in [0.4, 0.5) is 0 Å². The Balaban J connectivity index is 2.01. The Labute approximate surface area is 115 Å². The summed E-state index contributed by atoms with van der Waals surface area (Å²) < 4.78 is 29.6. The Kier molecular flexibility index (Phi) is 4.82. The van der Waals surface area contributed by atoms with E-state index >= 15 is 0 Å². The van der Waals surface area contributed by atoms with Crippen LogP contribution in [0.15, 0.2) is 29.2 Å². The summed E-state index contributed by atoms with van der Waals surface area (Å²) in [5, 5.41) is 3.28. The Morgan fingerprint density at radius 1 is 1.21 bits per heavy atom. The van der Waals surface area contributed by atoms with Crippen molar-refractivity contribution in [3.8, 4) is 5.75 Å². The zero-order valence-electron chi connectivity index (χ0n) is 11.3. The number of nitrogens with one attached hydrogen (secondary N) is 1.